The van der Waals surface area contributed by atoms with E-state index in [9.17, 15) is 4.39 Å². The number of aryl methyl sites for hydroxylation is 1. The zero-order valence-corrected chi connectivity index (χ0v) is 12.0. The first-order valence-corrected chi connectivity index (χ1v) is 7.12. The Morgan fingerprint density at radius 1 is 1.14 bits per heavy atom. The summed E-state index contributed by atoms with van der Waals surface area (Å²) in [6.45, 7) is 2.76. The van der Waals surface area contributed by atoms with Gasteiger partial charge in [0.05, 0.1) is 12.6 Å². The van der Waals surface area contributed by atoms with Gasteiger partial charge in [0.25, 0.3) is 0 Å². The molecular formula is C17H18FN3. The Morgan fingerprint density at radius 3 is 2.43 bits per heavy atom. The quantitative estimate of drug-likeness (QED) is 0.939. The average molecular weight is 283 g/mol. The van der Waals surface area contributed by atoms with Crippen molar-refractivity contribution in [3.05, 3.63) is 65.5 Å². The molecule has 0 spiro atoms. The van der Waals surface area contributed by atoms with Gasteiger partial charge >= 0.3 is 0 Å². The monoisotopic (exact) mass is 283 g/mol. The SMILES string of the molecule is CCc1ccc(C2CN=C(N)N2c2ccc(F)cc2)cc1. The fraction of sp³-hybridized carbons (Fsp3) is 0.235. The number of nitrogens with zero attached hydrogens (tertiary/aromatic N) is 2. The van der Waals surface area contributed by atoms with Gasteiger partial charge in [-0.1, -0.05) is 31.2 Å². The molecule has 2 aromatic rings. The number of anilines is 1. The first kappa shape index (κ1) is 13.6. The Kier molecular flexibility index (Phi) is 3.60. The van der Waals surface area contributed by atoms with E-state index in [1.165, 1.54) is 23.3 Å². The van der Waals surface area contributed by atoms with Crippen LogP contribution < -0.4 is 10.6 Å². The second-order valence-electron chi connectivity index (χ2n) is 5.16. The number of nitrogens with two attached hydrogens (primary N) is 1. The van der Waals surface area contributed by atoms with Crippen LogP contribution >= 0.6 is 0 Å². The summed E-state index contributed by atoms with van der Waals surface area (Å²) < 4.78 is 13.1. The van der Waals surface area contributed by atoms with Crippen LogP contribution in [0.1, 0.15) is 24.1 Å². The van der Waals surface area contributed by atoms with E-state index in [2.05, 4.69) is 36.2 Å². The predicted octanol–water partition coefficient (Wildman–Crippen LogP) is 3.26. The third-order valence-corrected chi connectivity index (χ3v) is 3.86. The maximum atomic E-state index is 13.1. The molecule has 3 nitrogen and oxygen atoms in total. The highest BCUT2D eigenvalue weighted by Crippen LogP contribution is 2.31. The molecule has 1 aliphatic heterocycles. The minimum Gasteiger partial charge on any atom is -0.369 e. The van der Waals surface area contributed by atoms with Crippen LogP contribution in [0, 0.1) is 5.82 Å². The van der Waals surface area contributed by atoms with Crippen LogP contribution in [0.5, 0.6) is 0 Å². The fourth-order valence-corrected chi connectivity index (χ4v) is 2.64. The maximum Gasteiger partial charge on any atom is 0.196 e. The van der Waals surface area contributed by atoms with Crippen molar-refractivity contribution in [3.63, 3.8) is 0 Å². The summed E-state index contributed by atoms with van der Waals surface area (Å²) in [5.41, 5.74) is 9.35. The molecule has 2 N–H and O–H groups in total. The van der Waals surface area contributed by atoms with Crippen LogP contribution in [0.25, 0.3) is 0 Å². The first-order valence-electron chi connectivity index (χ1n) is 7.12. The zero-order valence-electron chi connectivity index (χ0n) is 12.0. The summed E-state index contributed by atoms with van der Waals surface area (Å²) in [7, 11) is 0. The summed E-state index contributed by atoms with van der Waals surface area (Å²) in [6, 6.07) is 14.9. The molecule has 0 bridgehead atoms. The smallest absolute Gasteiger partial charge is 0.196 e. The van der Waals surface area contributed by atoms with Crippen molar-refractivity contribution in [1.29, 1.82) is 0 Å². The summed E-state index contributed by atoms with van der Waals surface area (Å²) >= 11 is 0. The molecule has 0 saturated heterocycles. The highest BCUT2D eigenvalue weighted by atomic mass is 19.1. The van der Waals surface area contributed by atoms with Gasteiger partial charge in [-0.25, -0.2) is 4.39 Å². The lowest BCUT2D eigenvalue weighted by Crippen LogP contribution is -2.36. The molecule has 0 aromatic heterocycles. The van der Waals surface area contributed by atoms with Crippen molar-refractivity contribution >= 4 is 11.6 Å². The average Bonchev–Trinajstić information content (AvgIpc) is 2.90. The van der Waals surface area contributed by atoms with Gasteiger partial charge in [-0.3, -0.25) is 4.99 Å². The normalized spacial score (nSPS) is 17.9. The highest BCUT2D eigenvalue weighted by Gasteiger charge is 2.28. The largest absolute Gasteiger partial charge is 0.369 e. The van der Waals surface area contributed by atoms with Crippen molar-refractivity contribution in [2.45, 2.75) is 19.4 Å². The van der Waals surface area contributed by atoms with Gasteiger partial charge in [-0.2, -0.15) is 0 Å². The van der Waals surface area contributed by atoms with E-state index in [-0.39, 0.29) is 11.9 Å². The van der Waals surface area contributed by atoms with Gasteiger partial charge in [0, 0.05) is 5.69 Å². The number of guanidine groups is 1. The lowest BCUT2D eigenvalue weighted by atomic mass is 10.0. The molecule has 0 aliphatic carbocycles. The molecule has 1 unspecified atom stereocenters. The molecule has 4 heteroatoms. The van der Waals surface area contributed by atoms with Gasteiger partial charge in [0.15, 0.2) is 5.96 Å². The van der Waals surface area contributed by atoms with E-state index < -0.39 is 0 Å². The third-order valence-electron chi connectivity index (χ3n) is 3.86. The molecule has 0 saturated carbocycles. The van der Waals surface area contributed by atoms with Crippen molar-refractivity contribution in [1.82, 2.24) is 0 Å². The topological polar surface area (TPSA) is 41.6 Å². The van der Waals surface area contributed by atoms with Gasteiger partial charge in [-0.05, 0) is 41.8 Å². The Hall–Kier alpha value is -2.36. The minimum absolute atomic E-state index is 0.0707. The van der Waals surface area contributed by atoms with E-state index >= 15 is 0 Å². The molecule has 108 valence electrons. The fourth-order valence-electron chi connectivity index (χ4n) is 2.64. The zero-order chi connectivity index (χ0) is 14.8. The second-order valence-corrected chi connectivity index (χ2v) is 5.16. The highest BCUT2D eigenvalue weighted by molar-refractivity contribution is 5.97. The summed E-state index contributed by atoms with van der Waals surface area (Å²) in [5, 5.41) is 0. The number of halogens is 1. The minimum atomic E-state index is -0.252. The van der Waals surface area contributed by atoms with E-state index in [0.717, 1.165) is 12.1 Å². The maximum absolute atomic E-state index is 13.1. The van der Waals surface area contributed by atoms with E-state index in [1.54, 1.807) is 12.1 Å². The summed E-state index contributed by atoms with van der Waals surface area (Å²) in [4.78, 5) is 6.30. The molecule has 21 heavy (non-hydrogen) atoms. The van der Waals surface area contributed by atoms with Crippen molar-refractivity contribution in [3.8, 4) is 0 Å². The van der Waals surface area contributed by atoms with Crippen LogP contribution in [0.3, 0.4) is 0 Å². The number of benzene rings is 2. The van der Waals surface area contributed by atoms with Gasteiger partial charge in [0.1, 0.15) is 5.82 Å². The first-order chi connectivity index (χ1) is 10.2. The van der Waals surface area contributed by atoms with Crippen LogP contribution in [0.15, 0.2) is 53.5 Å². The Balaban J connectivity index is 1.92. The number of hydrogen-bond acceptors (Lipinski definition) is 3. The van der Waals surface area contributed by atoms with Crippen LogP contribution in [-0.4, -0.2) is 12.5 Å². The van der Waals surface area contributed by atoms with Crippen LogP contribution in [0.4, 0.5) is 10.1 Å². The predicted molar refractivity (Wildman–Crippen MR) is 83.9 cm³/mol. The Labute approximate surface area is 123 Å². The number of rotatable bonds is 3. The van der Waals surface area contributed by atoms with Crippen molar-refractivity contribution < 1.29 is 4.39 Å². The van der Waals surface area contributed by atoms with Crippen LogP contribution in [-0.2, 0) is 6.42 Å². The molecule has 0 amide bonds. The van der Waals surface area contributed by atoms with Gasteiger partial charge in [0.2, 0.25) is 0 Å². The molecule has 1 heterocycles. The third kappa shape index (κ3) is 2.61. The Bertz CT molecular complexity index is 647. The standard InChI is InChI=1S/C17H18FN3/c1-2-12-3-5-13(6-4-12)16-11-20-17(19)21(16)15-9-7-14(18)8-10-15/h3-10,16H,2,11H2,1H3,(H2,19,20). The van der Waals surface area contributed by atoms with E-state index in [0.29, 0.717) is 12.5 Å². The van der Waals surface area contributed by atoms with Crippen LogP contribution in [0.2, 0.25) is 0 Å². The molecule has 1 aliphatic rings. The van der Waals surface area contributed by atoms with Crippen molar-refractivity contribution in [2.75, 3.05) is 11.4 Å². The van der Waals surface area contributed by atoms with Gasteiger partial charge in [-0.15, -0.1) is 0 Å². The molecular weight excluding hydrogens is 265 g/mol. The lowest BCUT2D eigenvalue weighted by molar-refractivity contribution is 0.627. The van der Waals surface area contributed by atoms with Gasteiger partial charge < -0.3 is 10.6 Å². The van der Waals surface area contributed by atoms with Crippen molar-refractivity contribution in [2.24, 2.45) is 10.7 Å². The van der Waals surface area contributed by atoms with E-state index in [4.69, 9.17) is 5.73 Å². The molecule has 0 radical (unpaired) electrons. The van der Waals surface area contributed by atoms with E-state index in [1.807, 2.05) is 4.90 Å². The lowest BCUT2D eigenvalue weighted by Gasteiger charge is -2.26. The number of hydrogen-bond donors (Lipinski definition) is 1. The molecule has 0 fully saturated rings. The summed E-state index contributed by atoms with van der Waals surface area (Å²) in [6.07, 6.45) is 1.02. The molecule has 3 rings (SSSR count). The molecule has 1 atom stereocenters. The Morgan fingerprint density at radius 2 is 1.81 bits per heavy atom. The molecule has 2 aromatic carbocycles. The number of aliphatic imine (C=N–C) groups is 1. The summed E-state index contributed by atoms with van der Waals surface area (Å²) in [5.74, 6) is 0.225. The second kappa shape index (κ2) is 5.56.